The van der Waals surface area contributed by atoms with Crippen molar-refractivity contribution in [3.63, 3.8) is 0 Å². The summed E-state index contributed by atoms with van der Waals surface area (Å²) in [5, 5.41) is 8.29. The molecule has 0 fully saturated rings. The molecule has 0 atom stereocenters. The van der Waals surface area contributed by atoms with Crippen LogP contribution in [0.15, 0.2) is 63.2 Å². The Bertz CT molecular complexity index is 1330. The number of hydrogen-bond donors (Lipinski definition) is 1. The summed E-state index contributed by atoms with van der Waals surface area (Å²) < 4.78 is 2.60. The molecule has 0 aliphatic heterocycles. The van der Waals surface area contributed by atoms with Crippen molar-refractivity contribution < 1.29 is 0 Å². The minimum Gasteiger partial charge on any atom is -0.295 e. The summed E-state index contributed by atoms with van der Waals surface area (Å²) in [6, 6.07) is 14.0. The second-order valence-electron chi connectivity index (χ2n) is 6.31. The molecule has 4 rings (SSSR count). The highest BCUT2D eigenvalue weighted by atomic mass is 35.5. The molecule has 0 aliphatic rings. The summed E-state index contributed by atoms with van der Waals surface area (Å²) in [6.45, 7) is 3.46. The largest absolute Gasteiger partial charge is 0.295 e. The number of aromatic amines is 1. The second kappa shape index (κ2) is 6.94. The third-order valence-electron chi connectivity index (χ3n) is 4.42. The maximum Gasteiger partial charge on any atom is 0.282 e. The smallest absolute Gasteiger partial charge is 0.282 e. The summed E-state index contributed by atoms with van der Waals surface area (Å²) in [5.74, 6) is 0.436. The molecule has 0 saturated heterocycles. The Morgan fingerprint density at radius 3 is 2.50 bits per heavy atom. The molecule has 1 N–H and O–H groups in total. The maximum atomic E-state index is 12.8. The minimum atomic E-state index is -0.287. The Morgan fingerprint density at radius 1 is 1.04 bits per heavy atom. The zero-order chi connectivity index (χ0) is 19.8. The number of benzene rings is 2. The second-order valence-corrected chi connectivity index (χ2v) is 6.74. The Balaban J connectivity index is 1.79. The molecule has 0 radical (unpaired) electrons. The van der Waals surface area contributed by atoms with Crippen LogP contribution in [-0.2, 0) is 0 Å². The van der Waals surface area contributed by atoms with E-state index < -0.39 is 0 Å². The van der Waals surface area contributed by atoms with Crippen LogP contribution in [0.3, 0.4) is 0 Å². The lowest BCUT2D eigenvalue weighted by molar-refractivity contribution is 0.770. The number of nitrogens with one attached hydrogen (secondary N) is 1. The van der Waals surface area contributed by atoms with Crippen LogP contribution < -0.4 is 11.1 Å². The predicted octanol–water partition coefficient (Wildman–Crippen LogP) is 3.03. The molecule has 0 saturated carbocycles. The summed E-state index contributed by atoms with van der Waals surface area (Å²) in [5.41, 5.74) is 1.68. The van der Waals surface area contributed by atoms with Gasteiger partial charge in [-0.15, -0.1) is 0 Å². The number of aromatic nitrogens is 4. The van der Waals surface area contributed by atoms with E-state index in [-0.39, 0.29) is 11.1 Å². The normalized spacial score (nSPS) is 11.5. The van der Waals surface area contributed by atoms with Crippen LogP contribution in [0.25, 0.3) is 16.6 Å². The minimum absolute atomic E-state index is 0.275. The first-order valence-electron chi connectivity index (χ1n) is 8.56. The van der Waals surface area contributed by atoms with Crippen LogP contribution in [0.5, 0.6) is 0 Å². The van der Waals surface area contributed by atoms with Crippen molar-refractivity contribution in [3.05, 3.63) is 91.3 Å². The highest BCUT2D eigenvalue weighted by Gasteiger charge is 2.12. The molecule has 0 spiro atoms. The van der Waals surface area contributed by atoms with Gasteiger partial charge in [-0.05, 0) is 50.2 Å². The number of para-hydroxylation sites is 1. The fourth-order valence-electron chi connectivity index (χ4n) is 2.97. The van der Waals surface area contributed by atoms with E-state index in [2.05, 4.69) is 15.2 Å². The molecule has 2 heterocycles. The third kappa shape index (κ3) is 3.05. The van der Waals surface area contributed by atoms with E-state index in [1.54, 1.807) is 56.3 Å². The molecular weight excluding hydrogens is 378 g/mol. The van der Waals surface area contributed by atoms with Gasteiger partial charge in [0, 0.05) is 10.7 Å². The number of fused-ring (bicyclic) bond motifs is 1. The summed E-state index contributed by atoms with van der Waals surface area (Å²) in [7, 11) is 0. The molecule has 0 unspecified atom stereocenters. The van der Waals surface area contributed by atoms with Gasteiger partial charge in [0.2, 0.25) is 0 Å². The van der Waals surface area contributed by atoms with Gasteiger partial charge in [0.1, 0.15) is 5.82 Å². The average molecular weight is 394 g/mol. The van der Waals surface area contributed by atoms with Gasteiger partial charge in [-0.3, -0.25) is 14.7 Å². The standard InChI is InChI=1S/C20H16ClN5O2/c1-12-17(20(28)26(24-12)15-9-7-14(21)8-10-15)11-22-25-13(2)23-18-6-4-3-5-16(18)19(25)27/h3-11,24H,1-2H3/b22-11+. The third-order valence-corrected chi connectivity index (χ3v) is 4.67. The quantitative estimate of drug-likeness (QED) is 0.543. The Labute approximate surface area is 164 Å². The van der Waals surface area contributed by atoms with Gasteiger partial charge in [-0.2, -0.15) is 9.78 Å². The SMILES string of the molecule is Cc1[nH]n(-c2ccc(Cl)cc2)c(=O)c1/C=N/n1c(C)nc2ccccc2c1=O. The molecule has 0 aliphatic carbocycles. The number of aryl methyl sites for hydroxylation is 2. The first-order valence-corrected chi connectivity index (χ1v) is 8.94. The fraction of sp³-hybridized carbons (Fsp3) is 0.100. The number of nitrogens with zero attached hydrogens (tertiary/aromatic N) is 4. The molecule has 0 amide bonds. The van der Waals surface area contributed by atoms with E-state index in [4.69, 9.17) is 11.6 Å². The Kier molecular flexibility index (Phi) is 4.44. The van der Waals surface area contributed by atoms with E-state index in [0.717, 1.165) is 0 Å². The maximum absolute atomic E-state index is 12.8. The number of rotatable bonds is 3. The molecule has 4 aromatic rings. The van der Waals surface area contributed by atoms with Gasteiger partial charge in [0.15, 0.2) is 0 Å². The number of halogens is 1. The molecule has 28 heavy (non-hydrogen) atoms. The lowest BCUT2D eigenvalue weighted by Crippen LogP contribution is -2.21. The van der Waals surface area contributed by atoms with Gasteiger partial charge in [0.05, 0.1) is 28.4 Å². The summed E-state index contributed by atoms with van der Waals surface area (Å²) >= 11 is 5.91. The first-order chi connectivity index (χ1) is 13.5. The average Bonchev–Trinajstić information content (AvgIpc) is 2.96. The number of hydrogen-bond acceptors (Lipinski definition) is 4. The Hall–Kier alpha value is -3.45. The van der Waals surface area contributed by atoms with Crippen LogP contribution in [0.4, 0.5) is 0 Å². The molecule has 0 bridgehead atoms. The van der Waals surface area contributed by atoms with Crippen molar-refractivity contribution in [3.8, 4) is 5.69 Å². The van der Waals surface area contributed by atoms with Crippen molar-refractivity contribution in [2.45, 2.75) is 13.8 Å². The monoisotopic (exact) mass is 393 g/mol. The molecule has 140 valence electrons. The van der Waals surface area contributed by atoms with Crippen LogP contribution in [0.2, 0.25) is 5.02 Å². The van der Waals surface area contributed by atoms with Gasteiger partial charge in [-0.1, -0.05) is 23.7 Å². The van der Waals surface area contributed by atoms with Crippen molar-refractivity contribution in [2.24, 2.45) is 5.10 Å². The van der Waals surface area contributed by atoms with Crippen LogP contribution in [0.1, 0.15) is 17.1 Å². The highest BCUT2D eigenvalue weighted by Crippen LogP contribution is 2.12. The van der Waals surface area contributed by atoms with E-state index in [1.165, 1.54) is 15.6 Å². The van der Waals surface area contributed by atoms with Crippen molar-refractivity contribution >= 4 is 28.7 Å². The van der Waals surface area contributed by atoms with E-state index in [9.17, 15) is 9.59 Å². The van der Waals surface area contributed by atoms with Crippen LogP contribution in [0, 0.1) is 13.8 Å². The van der Waals surface area contributed by atoms with Gasteiger partial charge >= 0.3 is 0 Å². The van der Waals surface area contributed by atoms with E-state index in [0.29, 0.717) is 38.7 Å². The van der Waals surface area contributed by atoms with Gasteiger partial charge in [-0.25, -0.2) is 9.67 Å². The molecule has 7 nitrogen and oxygen atoms in total. The highest BCUT2D eigenvalue weighted by molar-refractivity contribution is 6.30. The number of H-pyrrole nitrogens is 1. The van der Waals surface area contributed by atoms with Crippen molar-refractivity contribution in [2.75, 3.05) is 0 Å². The lowest BCUT2D eigenvalue weighted by Gasteiger charge is -2.04. The van der Waals surface area contributed by atoms with Crippen LogP contribution >= 0.6 is 11.6 Å². The first kappa shape index (κ1) is 17.9. The summed E-state index contributed by atoms with van der Waals surface area (Å²) in [6.07, 6.45) is 1.38. The van der Waals surface area contributed by atoms with Gasteiger partial charge < -0.3 is 0 Å². The van der Waals surface area contributed by atoms with Gasteiger partial charge in [0.25, 0.3) is 11.1 Å². The molecule has 2 aromatic heterocycles. The zero-order valence-corrected chi connectivity index (χ0v) is 15.9. The van der Waals surface area contributed by atoms with Crippen LogP contribution in [-0.4, -0.2) is 25.7 Å². The molecular formula is C20H16ClN5O2. The fourth-order valence-corrected chi connectivity index (χ4v) is 3.10. The topological polar surface area (TPSA) is 85.0 Å². The van der Waals surface area contributed by atoms with E-state index >= 15 is 0 Å². The van der Waals surface area contributed by atoms with Crippen molar-refractivity contribution in [1.82, 2.24) is 19.4 Å². The molecule has 8 heteroatoms. The zero-order valence-electron chi connectivity index (χ0n) is 15.2. The molecule has 2 aromatic carbocycles. The summed E-state index contributed by atoms with van der Waals surface area (Å²) in [4.78, 5) is 29.9. The van der Waals surface area contributed by atoms with Crippen molar-refractivity contribution in [1.29, 1.82) is 0 Å². The predicted molar refractivity (Wildman–Crippen MR) is 110 cm³/mol. The lowest BCUT2D eigenvalue weighted by atomic mass is 10.2. The van der Waals surface area contributed by atoms with E-state index in [1.807, 2.05) is 6.07 Å². The Morgan fingerprint density at radius 2 is 1.75 bits per heavy atom.